The van der Waals surface area contributed by atoms with Crippen LogP contribution in [0.25, 0.3) is 0 Å². The van der Waals surface area contributed by atoms with E-state index < -0.39 is 11.4 Å². The summed E-state index contributed by atoms with van der Waals surface area (Å²) >= 11 is 0. The second kappa shape index (κ2) is 5.42. The van der Waals surface area contributed by atoms with E-state index in [0.717, 1.165) is 0 Å². The number of amides is 2. The molecular weight excluding hydrogens is 260 g/mol. The van der Waals surface area contributed by atoms with E-state index in [1.165, 1.54) is 0 Å². The van der Waals surface area contributed by atoms with Gasteiger partial charge in [0, 0.05) is 33.1 Å². The molecule has 2 aliphatic rings. The summed E-state index contributed by atoms with van der Waals surface area (Å²) < 4.78 is 0. The Labute approximate surface area is 118 Å². The maximum Gasteiger partial charge on any atom is 0.311 e. The lowest BCUT2D eigenvalue weighted by molar-refractivity contribution is -0.156. The first-order chi connectivity index (χ1) is 9.39. The van der Waals surface area contributed by atoms with Crippen LogP contribution in [0.2, 0.25) is 0 Å². The first kappa shape index (κ1) is 14.8. The fourth-order valence-corrected chi connectivity index (χ4v) is 3.22. The quantitative estimate of drug-likeness (QED) is 0.821. The van der Waals surface area contributed by atoms with Gasteiger partial charge in [-0.1, -0.05) is 6.92 Å². The number of carbonyl (C=O) groups is 3. The van der Waals surface area contributed by atoms with Crippen LogP contribution in [0.5, 0.6) is 0 Å². The number of piperidine rings is 1. The van der Waals surface area contributed by atoms with E-state index in [9.17, 15) is 19.5 Å². The van der Waals surface area contributed by atoms with E-state index in [0.29, 0.717) is 32.4 Å². The monoisotopic (exact) mass is 282 g/mol. The van der Waals surface area contributed by atoms with Crippen LogP contribution in [0.4, 0.5) is 0 Å². The van der Waals surface area contributed by atoms with Crippen molar-refractivity contribution in [1.82, 2.24) is 9.80 Å². The molecule has 2 amide bonds. The first-order valence-corrected chi connectivity index (χ1v) is 7.16. The molecule has 2 aliphatic heterocycles. The Morgan fingerprint density at radius 2 is 2.15 bits per heavy atom. The van der Waals surface area contributed by atoms with Crippen LogP contribution in [0.3, 0.4) is 0 Å². The van der Waals surface area contributed by atoms with Gasteiger partial charge in [0.15, 0.2) is 0 Å². The van der Waals surface area contributed by atoms with Crippen LogP contribution < -0.4 is 0 Å². The van der Waals surface area contributed by atoms with E-state index in [1.54, 1.807) is 16.8 Å². The van der Waals surface area contributed by atoms with Crippen molar-refractivity contribution in [3.63, 3.8) is 0 Å². The fourth-order valence-electron chi connectivity index (χ4n) is 3.22. The summed E-state index contributed by atoms with van der Waals surface area (Å²) in [5, 5.41) is 9.44. The van der Waals surface area contributed by atoms with Gasteiger partial charge in [-0.05, 0) is 19.3 Å². The maximum absolute atomic E-state index is 12.5. The number of nitrogens with zero attached hydrogens (tertiary/aromatic N) is 2. The molecule has 6 heteroatoms. The van der Waals surface area contributed by atoms with E-state index in [4.69, 9.17) is 0 Å². The van der Waals surface area contributed by atoms with Gasteiger partial charge in [0.25, 0.3) is 0 Å². The van der Waals surface area contributed by atoms with Crippen molar-refractivity contribution in [2.75, 3.05) is 26.7 Å². The van der Waals surface area contributed by atoms with Gasteiger partial charge in [0.1, 0.15) is 0 Å². The molecule has 0 aromatic carbocycles. The number of hydrogen-bond donors (Lipinski definition) is 1. The molecule has 0 saturated carbocycles. The molecule has 20 heavy (non-hydrogen) atoms. The highest BCUT2D eigenvalue weighted by Crippen LogP contribution is 2.34. The van der Waals surface area contributed by atoms with E-state index in [-0.39, 0.29) is 30.7 Å². The van der Waals surface area contributed by atoms with Gasteiger partial charge in [-0.15, -0.1) is 0 Å². The molecule has 112 valence electrons. The molecule has 2 unspecified atom stereocenters. The molecule has 1 N–H and O–H groups in total. The van der Waals surface area contributed by atoms with Crippen LogP contribution in [0, 0.1) is 11.3 Å². The predicted molar refractivity (Wildman–Crippen MR) is 71.9 cm³/mol. The Kier molecular flexibility index (Phi) is 4.01. The number of aliphatic carboxylic acids is 1. The highest BCUT2D eigenvalue weighted by atomic mass is 16.4. The van der Waals surface area contributed by atoms with Gasteiger partial charge < -0.3 is 14.9 Å². The Hall–Kier alpha value is -1.59. The third kappa shape index (κ3) is 2.51. The summed E-state index contributed by atoms with van der Waals surface area (Å²) in [7, 11) is 1.69. The van der Waals surface area contributed by atoms with Crippen LogP contribution in [-0.4, -0.2) is 59.4 Å². The predicted octanol–water partition coefficient (Wildman–Crippen LogP) is 0.568. The molecule has 0 aromatic rings. The number of carboxylic acid groups (broad SMARTS) is 1. The normalized spacial score (nSPS) is 30.7. The number of hydrogen-bond acceptors (Lipinski definition) is 3. The highest BCUT2D eigenvalue weighted by Gasteiger charge is 2.44. The lowest BCUT2D eigenvalue weighted by atomic mass is 9.77. The number of likely N-dealkylation sites (tertiary alicyclic amines) is 2. The molecule has 0 aliphatic carbocycles. The van der Waals surface area contributed by atoms with Crippen molar-refractivity contribution in [2.45, 2.75) is 32.6 Å². The molecule has 0 radical (unpaired) electrons. The molecule has 0 bridgehead atoms. The standard InChI is InChI=1S/C14H22N2O4/c1-3-14(13(19)20)5-4-6-16(9-14)12(18)10-7-11(17)15(2)8-10/h10H,3-9H2,1-2H3,(H,19,20). The van der Waals surface area contributed by atoms with Crippen LogP contribution >= 0.6 is 0 Å². The van der Waals surface area contributed by atoms with Crippen LogP contribution in [0.1, 0.15) is 32.6 Å². The average molecular weight is 282 g/mol. The zero-order valence-electron chi connectivity index (χ0n) is 12.1. The summed E-state index contributed by atoms with van der Waals surface area (Å²) in [5.74, 6) is -1.21. The van der Waals surface area contributed by atoms with Crippen LogP contribution in [0.15, 0.2) is 0 Å². The minimum Gasteiger partial charge on any atom is -0.481 e. The Morgan fingerprint density at radius 1 is 1.45 bits per heavy atom. The molecule has 2 fully saturated rings. The van der Waals surface area contributed by atoms with Crippen molar-refractivity contribution in [3.8, 4) is 0 Å². The van der Waals surface area contributed by atoms with Crippen molar-refractivity contribution in [3.05, 3.63) is 0 Å². The second-order valence-electron chi connectivity index (χ2n) is 5.98. The molecule has 2 rings (SSSR count). The van der Waals surface area contributed by atoms with Gasteiger partial charge in [-0.2, -0.15) is 0 Å². The smallest absolute Gasteiger partial charge is 0.311 e. The first-order valence-electron chi connectivity index (χ1n) is 7.16. The summed E-state index contributed by atoms with van der Waals surface area (Å²) in [5.41, 5.74) is -0.817. The lowest BCUT2D eigenvalue weighted by Gasteiger charge is -2.40. The fraction of sp³-hybridized carbons (Fsp3) is 0.786. The molecule has 0 aromatic heterocycles. The van der Waals surface area contributed by atoms with Gasteiger partial charge in [0.05, 0.1) is 11.3 Å². The number of rotatable bonds is 3. The Morgan fingerprint density at radius 3 is 2.65 bits per heavy atom. The van der Waals surface area contributed by atoms with E-state index in [1.807, 2.05) is 6.92 Å². The molecular formula is C14H22N2O4. The lowest BCUT2D eigenvalue weighted by Crippen LogP contribution is -2.51. The van der Waals surface area contributed by atoms with Gasteiger partial charge in [0.2, 0.25) is 11.8 Å². The van der Waals surface area contributed by atoms with Gasteiger partial charge >= 0.3 is 5.97 Å². The SMILES string of the molecule is CCC1(C(=O)O)CCCN(C(=O)C2CC(=O)N(C)C2)C1. The van der Waals surface area contributed by atoms with Crippen molar-refractivity contribution in [2.24, 2.45) is 11.3 Å². The van der Waals surface area contributed by atoms with Crippen molar-refractivity contribution < 1.29 is 19.5 Å². The Balaban J connectivity index is 2.07. The third-order valence-electron chi connectivity index (χ3n) is 4.71. The highest BCUT2D eigenvalue weighted by molar-refractivity contribution is 5.89. The molecule has 2 saturated heterocycles. The number of carboxylic acids is 1. The van der Waals surface area contributed by atoms with E-state index >= 15 is 0 Å². The van der Waals surface area contributed by atoms with Crippen molar-refractivity contribution in [1.29, 1.82) is 0 Å². The molecule has 2 atom stereocenters. The molecule has 6 nitrogen and oxygen atoms in total. The van der Waals surface area contributed by atoms with Crippen LogP contribution in [-0.2, 0) is 14.4 Å². The maximum atomic E-state index is 12.5. The van der Waals surface area contributed by atoms with E-state index in [2.05, 4.69) is 0 Å². The van der Waals surface area contributed by atoms with Crippen molar-refractivity contribution >= 4 is 17.8 Å². The Bertz CT molecular complexity index is 437. The van der Waals surface area contributed by atoms with Gasteiger partial charge in [-0.3, -0.25) is 14.4 Å². The summed E-state index contributed by atoms with van der Waals surface area (Å²) in [4.78, 5) is 38.7. The molecule has 2 heterocycles. The zero-order chi connectivity index (χ0) is 14.9. The molecule has 0 spiro atoms. The summed E-state index contributed by atoms with van der Waals surface area (Å²) in [6, 6.07) is 0. The second-order valence-corrected chi connectivity index (χ2v) is 5.98. The topological polar surface area (TPSA) is 77.9 Å². The summed E-state index contributed by atoms with van der Waals surface area (Å²) in [6.07, 6.45) is 2.10. The zero-order valence-corrected chi connectivity index (χ0v) is 12.1. The average Bonchev–Trinajstić information content (AvgIpc) is 2.77. The number of carbonyl (C=O) groups excluding carboxylic acids is 2. The minimum atomic E-state index is -0.822. The van der Waals surface area contributed by atoms with Gasteiger partial charge in [-0.25, -0.2) is 0 Å². The summed E-state index contributed by atoms with van der Waals surface area (Å²) in [6.45, 7) is 3.17. The third-order valence-corrected chi connectivity index (χ3v) is 4.71. The minimum absolute atomic E-state index is 0.0136. The largest absolute Gasteiger partial charge is 0.481 e.